The highest BCUT2D eigenvalue weighted by molar-refractivity contribution is 5.94. The molecule has 5 nitrogen and oxygen atoms in total. The lowest BCUT2D eigenvalue weighted by Gasteiger charge is -2.36. The zero-order valence-electron chi connectivity index (χ0n) is 12.2. The van der Waals surface area contributed by atoms with E-state index in [9.17, 15) is 9.59 Å². The average Bonchev–Trinajstić information content (AvgIpc) is 2.83. The molecule has 1 N–H and O–H groups in total. The normalized spacial score (nSPS) is 29.2. The lowest BCUT2D eigenvalue weighted by atomic mass is 10.0. The van der Waals surface area contributed by atoms with Gasteiger partial charge in [-0.25, -0.2) is 0 Å². The molecule has 19 heavy (non-hydrogen) atoms. The van der Waals surface area contributed by atoms with Crippen LogP contribution in [0.4, 0.5) is 0 Å². The van der Waals surface area contributed by atoms with Gasteiger partial charge in [0.25, 0.3) is 0 Å². The molecule has 0 saturated carbocycles. The van der Waals surface area contributed by atoms with Crippen molar-refractivity contribution >= 4 is 11.8 Å². The SMILES string of the molecule is CCC1C(=O)NCC(=O)N1CC1CCN(C(C)C)C1. The van der Waals surface area contributed by atoms with Gasteiger partial charge in [0.15, 0.2) is 0 Å². The number of likely N-dealkylation sites (tertiary alicyclic amines) is 1. The fourth-order valence-electron chi connectivity index (χ4n) is 3.09. The van der Waals surface area contributed by atoms with Crippen LogP contribution in [0.2, 0.25) is 0 Å². The molecular weight excluding hydrogens is 242 g/mol. The molecule has 2 amide bonds. The maximum Gasteiger partial charge on any atom is 0.243 e. The first-order valence-electron chi connectivity index (χ1n) is 7.34. The Hall–Kier alpha value is -1.10. The minimum absolute atomic E-state index is 0.000752. The summed E-state index contributed by atoms with van der Waals surface area (Å²) in [4.78, 5) is 28.1. The quantitative estimate of drug-likeness (QED) is 0.805. The Morgan fingerprint density at radius 1 is 1.37 bits per heavy atom. The van der Waals surface area contributed by atoms with Crippen LogP contribution in [0.3, 0.4) is 0 Å². The lowest BCUT2D eigenvalue weighted by molar-refractivity contribution is -0.146. The molecular formula is C14H25N3O2. The standard InChI is InChI=1S/C14H25N3O2/c1-4-12-14(19)15-7-13(18)17(12)9-11-5-6-16(8-11)10(2)3/h10-12H,4-9H2,1-3H3,(H,15,19). The van der Waals surface area contributed by atoms with E-state index in [1.165, 1.54) is 0 Å². The van der Waals surface area contributed by atoms with Crippen LogP contribution in [-0.2, 0) is 9.59 Å². The smallest absolute Gasteiger partial charge is 0.243 e. The summed E-state index contributed by atoms with van der Waals surface area (Å²) in [6.45, 7) is 9.41. The highest BCUT2D eigenvalue weighted by Crippen LogP contribution is 2.22. The second-order valence-corrected chi connectivity index (χ2v) is 5.93. The summed E-state index contributed by atoms with van der Waals surface area (Å²) in [5.41, 5.74) is 0. The molecule has 2 aliphatic rings. The van der Waals surface area contributed by atoms with Crippen LogP contribution in [0.25, 0.3) is 0 Å². The Balaban J connectivity index is 1.97. The van der Waals surface area contributed by atoms with Crippen molar-refractivity contribution in [3.63, 3.8) is 0 Å². The molecule has 2 aliphatic heterocycles. The maximum absolute atomic E-state index is 12.0. The van der Waals surface area contributed by atoms with Crippen molar-refractivity contribution in [3.8, 4) is 0 Å². The second kappa shape index (κ2) is 5.90. The molecule has 108 valence electrons. The zero-order chi connectivity index (χ0) is 14.0. The number of hydrogen-bond donors (Lipinski definition) is 1. The highest BCUT2D eigenvalue weighted by Gasteiger charge is 2.36. The van der Waals surface area contributed by atoms with Gasteiger partial charge in [0.1, 0.15) is 6.04 Å². The Morgan fingerprint density at radius 2 is 2.11 bits per heavy atom. The molecule has 0 radical (unpaired) electrons. The zero-order valence-corrected chi connectivity index (χ0v) is 12.2. The van der Waals surface area contributed by atoms with Gasteiger partial charge in [-0.05, 0) is 39.2 Å². The molecule has 2 saturated heterocycles. The number of amides is 2. The van der Waals surface area contributed by atoms with Gasteiger partial charge >= 0.3 is 0 Å². The molecule has 2 heterocycles. The molecule has 2 fully saturated rings. The average molecular weight is 267 g/mol. The third-order valence-corrected chi connectivity index (χ3v) is 4.30. The Labute approximate surface area is 115 Å². The van der Waals surface area contributed by atoms with Crippen molar-refractivity contribution < 1.29 is 9.59 Å². The summed E-state index contributed by atoms with van der Waals surface area (Å²) >= 11 is 0. The first-order chi connectivity index (χ1) is 9.02. The molecule has 2 unspecified atom stereocenters. The molecule has 0 aromatic rings. The summed E-state index contributed by atoms with van der Waals surface area (Å²) < 4.78 is 0. The summed E-state index contributed by atoms with van der Waals surface area (Å²) in [6.07, 6.45) is 1.82. The van der Waals surface area contributed by atoms with E-state index in [-0.39, 0.29) is 24.4 Å². The number of nitrogens with zero attached hydrogens (tertiary/aromatic N) is 2. The van der Waals surface area contributed by atoms with Gasteiger partial charge in [0.05, 0.1) is 6.54 Å². The van der Waals surface area contributed by atoms with Crippen molar-refractivity contribution in [1.82, 2.24) is 15.1 Å². The molecule has 2 rings (SSSR count). The van der Waals surface area contributed by atoms with E-state index in [0.717, 1.165) is 26.1 Å². The van der Waals surface area contributed by atoms with Crippen LogP contribution >= 0.6 is 0 Å². The predicted octanol–water partition coefficient (Wildman–Crippen LogP) is 0.454. The topological polar surface area (TPSA) is 52.7 Å². The Morgan fingerprint density at radius 3 is 2.68 bits per heavy atom. The van der Waals surface area contributed by atoms with Gasteiger partial charge in [-0.3, -0.25) is 9.59 Å². The van der Waals surface area contributed by atoms with Crippen LogP contribution in [0.5, 0.6) is 0 Å². The highest BCUT2D eigenvalue weighted by atomic mass is 16.2. The van der Waals surface area contributed by atoms with Crippen molar-refractivity contribution in [1.29, 1.82) is 0 Å². The van der Waals surface area contributed by atoms with Gasteiger partial charge in [0, 0.05) is 19.1 Å². The number of nitrogens with one attached hydrogen (secondary N) is 1. The number of carbonyl (C=O) groups is 2. The van der Waals surface area contributed by atoms with Crippen LogP contribution < -0.4 is 5.32 Å². The molecule has 0 aromatic carbocycles. The Kier molecular flexibility index (Phi) is 4.45. The van der Waals surface area contributed by atoms with Crippen LogP contribution in [-0.4, -0.2) is 59.9 Å². The molecule has 0 spiro atoms. The van der Waals surface area contributed by atoms with E-state index in [1.807, 2.05) is 6.92 Å². The predicted molar refractivity (Wildman–Crippen MR) is 73.6 cm³/mol. The summed E-state index contributed by atoms with van der Waals surface area (Å²) in [5, 5.41) is 2.67. The van der Waals surface area contributed by atoms with E-state index >= 15 is 0 Å². The number of piperazine rings is 1. The monoisotopic (exact) mass is 267 g/mol. The van der Waals surface area contributed by atoms with Crippen molar-refractivity contribution in [2.45, 2.75) is 45.7 Å². The maximum atomic E-state index is 12.0. The van der Waals surface area contributed by atoms with Crippen LogP contribution in [0, 0.1) is 5.92 Å². The summed E-state index contributed by atoms with van der Waals surface area (Å²) in [5.74, 6) is 0.571. The lowest BCUT2D eigenvalue weighted by Crippen LogP contribution is -2.59. The van der Waals surface area contributed by atoms with E-state index in [0.29, 0.717) is 18.4 Å². The third kappa shape index (κ3) is 3.08. The number of rotatable bonds is 4. The van der Waals surface area contributed by atoms with Crippen molar-refractivity contribution in [2.24, 2.45) is 5.92 Å². The molecule has 0 bridgehead atoms. The van der Waals surface area contributed by atoms with Crippen molar-refractivity contribution in [2.75, 3.05) is 26.2 Å². The van der Waals surface area contributed by atoms with E-state index in [1.54, 1.807) is 4.90 Å². The van der Waals surface area contributed by atoms with Crippen molar-refractivity contribution in [3.05, 3.63) is 0 Å². The number of hydrogen-bond acceptors (Lipinski definition) is 3. The first-order valence-corrected chi connectivity index (χ1v) is 7.34. The van der Waals surface area contributed by atoms with Gasteiger partial charge in [-0.1, -0.05) is 6.92 Å². The van der Waals surface area contributed by atoms with Gasteiger partial charge in [-0.2, -0.15) is 0 Å². The molecule has 0 aromatic heterocycles. The van der Waals surface area contributed by atoms with Gasteiger partial charge in [-0.15, -0.1) is 0 Å². The summed E-state index contributed by atoms with van der Waals surface area (Å²) in [6, 6.07) is 0.293. The Bertz CT molecular complexity index is 357. The van der Waals surface area contributed by atoms with Gasteiger partial charge < -0.3 is 15.1 Å². The number of carbonyl (C=O) groups excluding carboxylic acids is 2. The van der Waals surface area contributed by atoms with E-state index in [4.69, 9.17) is 0 Å². The molecule has 0 aliphatic carbocycles. The largest absolute Gasteiger partial charge is 0.345 e. The summed E-state index contributed by atoms with van der Waals surface area (Å²) in [7, 11) is 0. The molecule has 2 atom stereocenters. The third-order valence-electron chi connectivity index (χ3n) is 4.30. The first kappa shape index (κ1) is 14.3. The van der Waals surface area contributed by atoms with E-state index in [2.05, 4.69) is 24.1 Å². The minimum Gasteiger partial charge on any atom is -0.345 e. The second-order valence-electron chi connectivity index (χ2n) is 5.93. The fraction of sp³-hybridized carbons (Fsp3) is 0.857. The van der Waals surface area contributed by atoms with Crippen LogP contribution in [0.1, 0.15) is 33.6 Å². The minimum atomic E-state index is -0.269. The molecule has 5 heteroatoms. The van der Waals surface area contributed by atoms with Crippen LogP contribution in [0.15, 0.2) is 0 Å². The van der Waals surface area contributed by atoms with E-state index < -0.39 is 0 Å². The van der Waals surface area contributed by atoms with Gasteiger partial charge in [0.2, 0.25) is 11.8 Å². The fourth-order valence-corrected chi connectivity index (χ4v) is 3.09.